The maximum absolute atomic E-state index is 13.1. The standard InChI is InChI=1S/C12H9F2N5O3/c13-11(14)7-2-1-3-8(12(20)16-18-15)9(7)6-22-10-4-5-19(21)17-10/h1-5,11,21H,6H2. The van der Waals surface area contributed by atoms with Gasteiger partial charge >= 0.3 is 0 Å². The average Bonchev–Trinajstić information content (AvgIpc) is 2.90. The quantitative estimate of drug-likeness (QED) is 0.395. The summed E-state index contributed by atoms with van der Waals surface area (Å²) in [5.41, 5.74) is 7.59. The Hall–Kier alpha value is -3.13. The highest BCUT2D eigenvalue weighted by atomic mass is 19.3. The predicted molar refractivity (Wildman–Crippen MR) is 68.6 cm³/mol. The first-order valence-corrected chi connectivity index (χ1v) is 5.90. The van der Waals surface area contributed by atoms with Gasteiger partial charge in [0, 0.05) is 27.7 Å². The lowest BCUT2D eigenvalue weighted by Gasteiger charge is -2.12. The summed E-state index contributed by atoms with van der Waals surface area (Å²) in [6.45, 7) is -0.403. The van der Waals surface area contributed by atoms with Crippen LogP contribution in [-0.2, 0) is 6.61 Å². The highest BCUT2D eigenvalue weighted by molar-refractivity contribution is 5.96. The summed E-state index contributed by atoms with van der Waals surface area (Å²) in [4.78, 5) is 14.5. The van der Waals surface area contributed by atoms with Crippen LogP contribution in [0.15, 0.2) is 35.6 Å². The van der Waals surface area contributed by atoms with Gasteiger partial charge in [0.15, 0.2) is 0 Å². The van der Waals surface area contributed by atoms with Gasteiger partial charge < -0.3 is 9.94 Å². The molecule has 1 aromatic heterocycles. The van der Waals surface area contributed by atoms with Gasteiger partial charge in [0.1, 0.15) is 6.61 Å². The second-order valence-electron chi connectivity index (χ2n) is 4.03. The molecule has 2 aromatic rings. The number of halogens is 2. The van der Waals surface area contributed by atoms with Gasteiger partial charge in [-0.25, -0.2) is 8.78 Å². The molecular weight excluding hydrogens is 300 g/mol. The molecule has 0 saturated carbocycles. The van der Waals surface area contributed by atoms with E-state index < -0.39 is 24.5 Å². The monoisotopic (exact) mass is 309 g/mol. The Balaban J connectivity index is 2.36. The molecule has 10 heteroatoms. The van der Waals surface area contributed by atoms with Crippen LogP contribution in [0.4, 0.5) is 8.78 Å². The second kappa shape index (κ2) is 6.55. The predicted octanol–water partition coefficient (Wildman–Crippen LogP) is 3.09. The highest BCUT2D eigenvalue weighted by Gasteiger charge is 2.20. The Bertz CT molecular complexity index is 740. The first kappa shape index (κ1) is 15.3. The van der Waals surface area contributed by atoms with E-state index >= 15 is 0 Å². The number of ether oxygens (including phenoxy) is 1. The molecular formula is C12H9F2N5O3. The number of alkyl halides is 2. The van der Waals surface area contributed by atoms with Crippen molar-refractivity contribution in [1.82, 2.24) is 9.94 Å². The number of nitrogens with zero attached hydrogens (tertiary/aromatic N) is 5. The van der Waals surface area contributed by atoms with E-state index in [9.17, 15) is 13.6 Å². The van der Waals surface area contributed by atoms with Crippen LogP contribution in [0.5, 0.6) is 5.88 Å². The number of rotatable bonds is 5. The van der Waals surface area contributed by atoms with Crippen molar-refractivity contribution in [2.75, 3.05) is 0 Å². The Morgan fingerprint density at radius 2 is 2.27 bits per heavy atom. The molecule has 0 aliphatic heterocycles. The first-order chi connectivity index (χ1) is 10.5. The van der Waals surface area contributed by atoms with Crippen LogP contribution >= 0.6 is 0 Å². The zero-order valence-corrected chi connectivity index (χ0v) is 10.9. The number of aromatic nitrogens is 2. The van der Waals surface area contributed by atoms with Crippen molar-refractivity contribution in [3.63, 3.8) is 0 Å². The fourth-order valence-electron chi connectivity index (χ4n) is 1.79. The molecule has 0 aliphatic carbocycles. The molecule has 0 aliphatic rings. The lowest BCUT2D eigenvalue weighted by molar-refractivity contribution is 0.0995. The van der Waals surface area contributed by atoms with Gasteiger partial charge in [-0.1, -0.05) is 23.3 Å². The maximum atomic E-state index is 13.1. The molecule has 22 heavy (non-hydrogen) atoms. The van der Waals surface area contributed by atoms with Crippen LogP contribution in [0.1, 0.15) is 27.9 Å². The van der Waals surface area contributed by atoms with Crippen LogP contribution in [0, 0.1) is 0 Å². The zero-order valence-electron chi connectivity index (χ0n) is 10.9. The molecule has 0 fully saturated rings. The van der Waals surface area contributed by atoms with Crippen molar-refractivity contribution in [3.8, 4) is 5.88 Å². The summed E-state index contributed by atoms with van der Waals surface area (Å²) < 4.78 is 31.3. The lowest BCUT2D eigenvalue weighted by atomic mass is 10.0. The van der Waals surface area contributed by atoms with Crippen molar-refractivity contribution >= 4 is 5.91 Å². The van der Waals surface area contributed by atoms with Gasteiger partial charge in [-0.15, -0.1) is 4.85 Å². The van der Waals surface area contributed by atoms with E-state index in [1.165, 1.54) is 24.4 Å². The van der Waals surface area contributed by atoms with Crippen molar-refractivity contribution in [2.24, 2.45) is 5.11 Å². The summed E-state index contributed by atoms with van der Waals surface area (Å²) in [6, 6.07) is 4.96. The molecule has 0 radical (unpaired) electrons. The van der Waals surface area contributed by atoms with Crippen molar-refractivity contribution in [2.45, 2.75) is 13.0 Å². The van der Waals surface area contributed by atoms with E-state index in [1.54, 1.807) is 0 Å². The molecule has 0 unspecified atom stereocenters. The summed E-state index contributed by atoms with van der Waals surface area (Å²) in [5, 5.41) is 15.4. The van der Waals surface area contributed by atoms with Crippen LogP contribution in [0.25, 0.3) is 10.4 Å². The van der Waals surface area contributed by atoms with Crippen LogP contribution in [-0.4, -0.2) is 21.1 Å². The number of carbonyl (C=O) groups excluding carboxylic acids is 1. The number of hydrogen-bond donors (Lipinski definition) is 1. The third-order valence-electron chi connectivity index (χ3n) is 2.73. The molecule has 1 aromatic carbocycles. The van der Waals surface area contributed by atoms with Gasteiger partial charge in [-0.2, -0.15) is 0 Å². The SMILES string of the molecule is [N-]=[N+]=NC(=O)c1cccc(C(F)F)c1COc1ccn(O)n1. The Kier molecular flexibility index (Phi) is 4.54. The largest absolute Gasteiger partial charge is 0.472 e. The van der Waals surface area contributed by atoms with Gasteiger partial charge in [-0.05, 0) is 10.6 Å². The highest BCUT2D eigenvalue weighted by Crippen LogP contribution is 2.27. The molecule has 0 atom stereocenters. The van der Waals surface area contributed by atoms with Crippen molar-refractivity contribution in [1.29, 1.82) is 0 Å². The number of azide groups is 1. The third kappa shape index (κ3) is 3.30. The van der Waals surface area contributed by atoms with Crippen LogP contribution < -0.4 is 4.74 Å². The molecule has 0 saturated heterocycles. The van der Waals surface area contributed by atoms with Crippen LogP contribution in [0.3, 0.4) is 0 Å². The third-order valence-corrected chi connectivity index (χ3v) is 2.73. The normalized spacial score (nSPS) is 10.3. The van der Waals surface area contributed by atoms with Gasteiger partial charge in [-0.3, -0.25) is 4.79 Å². The minimum absolute atomic E-state index is 0.0197. The number of carbonyl (C=O) groups is 1. The average molecular weight is 309 g/mol. The molecule has 114 valence electrons. The van der Waals surface area contributed by atoms with E-state index in [1.807, 2.05) is 0 Å². The fourth-order valence-corrected chi connectivity index (χ4v) is 1.79. The van der Waals surface area contributed by atoms with E-state index in [0.29, 0.717) is 4.85 Å². The van der Waals surface area contributed by atoms with Crippen molar-refractivity contribution in [3.05, 3.63) is 57.6 Å². The summed E-state index contributed by atoms with van der Waals surface area (Å²) in [7, 11) is 0. The van der Waals surface area contributed by atoms with Gasteiger partial charge in [0.25, 0.3) is 6.43 Å². The molecule has 0 bridgehead atoms. The fraction of sp³-hybridized carbons (Fsp3) is 0.167. The summed E-state index contributed by atoms with van der Waals surface area (Å²) in [5.74, 6) is -1.01. The summed E-state index contributed by atoms with van der Waals surface area (Å²) in [6.07, 6.45) is -1.66. The maximum Gasteiger partial charge on any atom is 0.264 e. The van der Waals surface area contributed by atoms with E-state index in [-0.39, 0.29) is 17.0 Å². The second-order valence-corrected chi connectivity index (χ2v) is 4.03. The Morgan fingerprint density at radius 3 is 2.86 bits per heavy atom. The van der Waals surface area contributed by atoms with E-state index in [4.69, 9.17) is 15.5 Å². The smallest absolute Gasteiger partial charge is 0.264 e. The lowest BCUT2D eigenvalue weighted by Crippen LogP contribution is -2.09. The molecule has 1 heterocycles. The van der Waals surface area contributed by atoms with Gasteiger partial charge in [0.05, 0.1) is 6.20 Å². The molecule has 1 amide bonds. The number of amides is 1. The van der Waals surface area contributed by atoms with Gasteiger partial charge in [0.2, 0.25) is 11.8 Å². The van der Waals surface area contributed by atoms with Crippen LogP contribution in [0.2, 0.25) is 0 Å². The number of benzene rings is 1. The Morgan fingerprint density at radius 1 is 1.50 bits per heavy atom. The summed E-state index contributed by atoms with van der Waals surface area (Å²) >= 11 is 0. The molecule has 1 N–H and O–H groups in total. The van der Waals surface area contributed by atoms with E-state index in [0.717, 1.165) is 6.07 Å². The van der Waals surface area contributed by atoms with Crippen molar-refractivity contribution < 1.29 is 23.5 Å². The minimum atomic E-state index is -2.84. The molecule has 0 spiro atoms. The zero-order chi connectivity index (χ0) is 16.1. The molecule has 8 nitrogen and oxygen atoms in total. The molecule has 2 rings (SSSR count). The first-order valence-electron chi connectivity index (χ1n) is 5.90. The van der Waals surface area contributed by atoms with E-state index in [2.05, 4.69) is 15.1 Å². The topological polar surface area (TPSA) is 113 Å². The Labute approximate surface area is 122 Å². The minimum Gasteiger partial charge on any atom is -0.472 e. The number of hydrogen-bond acceptors (Lipinski definition) is 4.